The number of aliphatic imine (C=N–C) groups is 1. The molecule has 0 saturated carbocycles. The molecule has 3 N–H and O–H groups in total. The van der Waals surface area contributed by atoms with E-state index >= 15 is 0 Å². The van der Waals surface area contributed by atoms with E-state index < -0.39 is 6.10 Å². The number of hydrogen-bond acceptors (Lipinski definition) is 5. The van der Waals surface area contributed by atoms with Gasteiger partial charge in [0.1, 0.15) is 5.75 Å². The molecule has 7 nitrogen and oxygen atoms in total. The maximum absolute atomic E-state index is 10.3. The summed E-state index contributed by atoms with van der Waals surface area (Å²) in [7, 11) is 0. The van der Waals surface area contributed by atoms with Crippen molar-refractivity contribution in [3.8, 4) is 5.75 Å². The number of anilines is 1. The summed E-state index contributed by atoms with van der Waals surface area (Å²) < 4.78 is 0. The Labute approximate surface area is 160 Å². The zero-order valence-electron chi connectivity index (χ0n) is 15.6. The molecule has 0 radical (unpaired) electrons. The number of guanidine groups is 1. The van der Waals surface area contributed by atoms with Crippen LogP contribution >= 0.6 is 0 Å². The Morgan fingerprint density at radius 3 is 2.52 bits per heavy atom. The molecule has 2 aromatic rings. The average Bonchev–Trinajstić information content (AvgIpc) is 2.72. The van der Waals surface area contributed by atoms with E-state index in [1.807, 2.05) is 25.1 Å². The van der Waals surface area contributed by atoms with E-state index in [-0.39, 0.29) is 0 Å². The molecule has 1 unspecified atom stereocenters. The predicted octanol–water partition coefficient (Wildman–Crippen LogP) is 1.61. The second kappa shape index (κ2) is 9.23. The molecule has 1 saturated heterocycles. The highest BCUT2D eigenvalue weighted by atomic mass is 16.3. The molecule has 1 fully saturated rings. The van der Waals surface area contributed by atoms with Crippen LogP contribution in [-0.4, -0.2) is 65.3 Å². The lowest BCUT2D eigenvalue weighted by molar-refractivity contribution is 0.186. The summed E-state index contributed by atoms with van der Waals surface area (Å²) >= 11 is 0. The largest absolute Gasteiger partial charge is 0.506 e. The second-order valence-corrected chi connectivity index (χ2v) is 6.45. The number of aliphatic hydroxyl groups is 1. The molecule has 144 valence electrons. The lowest BCUT2D eigenvalue weighted by Gasteiger charge is -2.38. The molecule has 1 atom stereocenters. The molecule has 7 heteroatoms. The van der Waals surface area contributed by atoms with Gasteiger partial charge in [0.25, 0.3) is 0 Å². The molecule has 2 heterocycles. The SMILES string of the molecule is CCNC(=NCC(O)c1ccncc1)N1CCN(c2ccccc2O)CC1. The fourth-order valence-corrected chi connectivity index (χ4v) is 3.18. The molecule has 1 aromatic heterocycles. The molecule has 1 aromatic carbocycles. The quantitative estimate of drug-likeness (QED) is 0.549. The van der Waals surface area contributed by atoms with Gasteiger partial charge >= 0.3 is 0 Å². The number of piperazine rings is 1. The number of aliphatic hydroxyl groups excluding tert-OH is 1. The summed E-state index contributed by atoms with van der Waals surface area (Å²) in [6, 6.07) is 11.0. The third-order valence-electron chi connectivity index (χ3n) is 4.64. The number of benzene rings is 1. The smallest absolute Gasteiger partial charge is 0.194 e. The summed E-state index contributed by atoms with van der Waals surface area (Å²) in [5.74, 6) is 1.12. The number of phenolic OH excluding ortho intramolecular Hbond substituents is 1. The fraction of sp³-hybridized carbons (Fsp3) is 0.400. The number of nitrogens with zero attached hydrogens (tertiary/aromatic N) is 4. The van der Waals surface area contributed by atoms with Crippen LogP contribution in [0.25, 0.3) is 0 Å². The number of rotatable bonds is 5. The molecule has 27 heavy (non-hydrogen) atoms. The minimum Gasteiger partial charge on any atom is -0.506 e. The molecular weight excluding hydrogens is 342 g/mol. The van der Waals surface area contributed by atoms with Gasteiger partial charge in [-0.05, 0) is 36.8 Å². The summed E-state index contributed by atoms with van der Waals surface area (Å²) in [6.07, 6.45) is 2.70. The Kier molecular flexibility index (Phi) is 6.49. The minimum absolute atomic E-state index is 0.298. The summed E-state index contributed by atoms with van der Waals surface area (Å²) in [5.41, 5.74) is 1.68. The first-order valence-electron chi connectivity index (χ1n) is 9.33. The van der Waals surface area contributed by atoms with Gasteiger partial charge in [0.2, 0.25) is 0 Å². The minimum atomic E-state index is -0.649. The van der Waals surface area contributed by atoms with E-state index in [1.54, 1.807) is 30.6 Å². The molecule has 3 rings (SSSR count). The van der Waals surface area contributed by atoms with Gasteiger partial charge in [-0.3, -0.25) is 9.98 Å². The van der Waals surface area contributed by atoms with Gasteiger partial charge in [0, 0.05) is 45.1 Å². The van der Waals surface area contributed by atoms with Crippen molar-refractivity contribution in [3.05, 3.63) is 54.4 Å². The molecule has 1 aliphatic rings. The van der Waals surface area contributed by atoms with Crippen LogP contribution in [0.4, 0.5) is 5.69 Å². The summed E-state index contributed by atoms with van der Waals surface area (Å²) in [4.78, 5) is 13.0. The van der Waals surface area contributed by atoms with Crippen molar-refractivity contribution < 1.29 is 10.2 Å². The molecule has 1 aliphatic heterocycles. The van der Waals surface area contributed by atoms with E-state index in [0.717, 1.165) is 49.9 Å². The van der Waals surface area contributed by atoms with Crippen LogP contribution in [-0.2, 0) is 0 Å². The normalized spacial score (nSPS) is 16.3. The van der Waals surface area contributed by atoms with Gasteiger partial charge in [-0.2, -0.15) is 0 Å². The fourth-order valence-electron chi connectivity index (χ4n) is 3.18. The van der Waals surface area contributed by atoms with Crippen LogP contribution in [0.15, 0.2) is 53.8 Å². The van der Waals surface area contributed by atoms with E-state index in [2.05, 4.69) is 25.1 Å². The van der Waals surface area contributed by atoms with Gasteiger partial charge in [0.15, 0.2) is 5.96 Å². The van der Waals surface area contributed by atoms with Crippen molar-refractivity contribution in [2.24, 2.45) is 4.99 Å². The maximum atomic E-state index is 10.3. The zero-order valence-corrected chi connectivity index (χ0v) is 15.6. The predicted molar refractivity (Wildman–Crippen MR) is 107 cm³/mol. The van der Waals surface area contributed by atoms with E-state index in [4.69, 9.17) is 0 Å². The summed E-state index contributed by atoms with van der Waals surface area (Å²) in [6.45, 7) is 6.30. The van der Waals surface area contributed by atoms with Crippen LogP contribution in [0.1, 0.15) is 18.6 Å². The van der Waals surface area contributed by atoms with Crippen LogP contribution in [0, 0.1) is 0 Å². The molecule has 0 amide bonds. The van der Waals surface area contributed by atoms with Crippen molar-refractivity contribution in [3.63, 3.8) is 0 Å². The summed E-state index contributed by atoms with van der Waals surface area (Å²) in [5, 5.41) is 23.7. The number of aromatic hydroxyl groups is 1. The first-order chi connectivity index (χ1) is 13.2. The Bertz CT molecular complexity index is 745. The first kappa shape index (κ1) is 19.0. The van der Waals surface area contributed by atoms with Gasteiger partial charge in [-0.25, -0.2) is 0 Å². The second-order valence-electron chi connectivity index (χ2n) is 6.45. The Morgan fingerprint density at radius 2 is 1.85 bits per heavy atom. The lowest BCUT2D eigenvalue weighted by atomic mass is 10.1. The number of pyridine rings is 1. The van der Waals surface area contributed by atoms with Crippen molar-refractivity contribution in [1.82, 2.24) is 15.2 Å². The van der Waals surface area contributed by atoms with Crippen molar-refractivity contribution in [2.45, 2.75) is 13.0 Å². The molecule has 0 spiro atoms. The molecule has 0 aliphatic carbocycles. The van der Waals surface area contributed by atoms with Gasteiger partial charge in [-0.15, -0.1) is 0 Å². The van der Waals surface area contributed by atoms with Gasteiger partial charge < -0.3 is 25.3 Å². The van der Waals surface area contributed by atoms with Crippen LogP contribution in [0.2, 0.25) is 0 Å². The standard InChI is InChI=1S/C20H27N5O2/c1-2-22-20(23-15-19(27)16-7-9-21-10-8-16)25-13-11-24(12-14-25)17-5-3-4-6-18(17)26/h3-10,19,26-27H,2,11-15H2,1H3,(H,22,23). The van der Waals surface area contributed by atoms with E-state index in [1.165, 1.54) is 0 Å². The van der Waals surface area contributed by atoms with E-state index in [9.17, 15) is 10.2 Å². The first-order valence-corrected chi connectivity index (χ1v) is 9.33. The maximum Gasteiger partial charge on any atom is 0.194 e. The van der Waals surface area contributed by atoms with Crippen molar-refractivity contribution in [2.75, 3.05) is 44.2 Å². The van der Waals surface area contributed by atoms with Crippen molar-refractivity contribution in [1.29, 1.82) is 0 Å². The zero-order chi connectivity index (χ0) is 19.1. The lowest BCUT2D eigenvalue weighted by Crippen LogP contribution is -2.52. The third kappa shape index (κ3) is 4.89. The third-order valence-corrected chi connectivity index (χ3v) is 4.64. The molecule has 0 bridgehead atoms. The van der Waals surface area contributed by atoms with Gasteiger partial charge in [0.05, 0.1) is 18.3 Å². The van der Waals surface area contributed by atoms with E-state index in [0.29, 0.717) is 12.3 Å². The number of nitrogens with one attached hydrogen (secondary N) is 1. The number of para-hydroxylation sites is 2. The van der Waals surface area contributed by atoms with Gasteiger partial charge in [-0.1, -0.05) is 12.1 Å². The van der Waals surface area contributed by atoms with Crippen LogP contribution in [0.3, 0.4) is 0 Å². The highest BCUT2D eigenvalue weighted by Crippen LogP contribution is 2.27. The van der Waals surface area contributed by atoms with Crippen LogP contribution < -0.4 is 10.2 Å². The average molecular weight is 369 g/mol. The highest BCUT2D eigenvalue weighted by molar-refractivity contribution is 5.80. The number of hydrogen-bond donors (Lipinski definition) is 3. The van der Waals surface area contributed by atoms with Crippen LogP contribution in [0.5, 0.6) is 5.75 Å². The Balaban J connectivity index is 1.61. The Hall–Kier alpha value is -2.80. The molecular formula is C20H27N5O2. The Morgan fingerprint density at radius 1 is 1.15 bits per heavy atom. The number of aromatic nitrogens is 1. The topological polar surface area (TPSA) is 84.2 Å². The highest BCUT2D eigenvalue weighted by Gasteiger charge is 2.21. The monoisotopic (exact) mass is 369 g/mol. The van der Waals surface area contributed by atoms with Crippen molar-refractivity contribution >= 4 is 11.6 Å². The number of phenols is 1.